The fourth-order valence-electron chi connectivity index (χ4n) is 4.71. The van der Waals surface area contributed by atoms with Gasteiger partial charge in [-0.05, 0) is 42.7 Å². The van der Waals surface area contributed by atoms with Gasteiger partial charge in [0.1, 0.15) is 5.60 Å². The van der Waals surface area contributed by atoms with Crippen molar-refractivity contribution in [3.05, 3.63) is 59.4 Å². The second-order valence-electron chi connectivity index (χ2n) is 8.32. The third kappa shape index (κ3) is 3.72. The Labute approximate surface area is 172 Å². The molecule has 1 aromatic heterocycles. The molecule has 1 heterocycles. The van der Waals surface area contributed by atoms with Crippen molar-refractivity contribution in [1.29, 1.82) is 0 Å². The van der Waals surface area contributed by atoms with Gasteiger partial charge in [0, 0.05) is 29.4 Å². The molecule has 5 heteroatoms. The quantitative estimate of drug-likeness (QED) is 0.524. The van der Waals surface area contributed by atoms with Crippen LogP contribution < -0.4 is 0 Å². The molecule has 3 rings (SSSR count). The van der Waals surface area contributed by atoms with E-state index in [1.54, 1.807) is 0 Å². The topological polar surface area (TPSA) is 51.5 Å². The molecule has 1 aromatic carbocycles. The molecule has 0 aliphatic heterocycles. The predicted octanol–water partition coefficient (Wildman–Crippen LogP) is 5.61. The van der Waals surface area contributed by atoms with Gasteiger partial charge in [-0.15, -0.1) is 0 Å². The Bertz CT molecular complexity index is 785. The Morgan fingerprint density at radius 3 is 2.39 bits per heavy atom. The molecule has 1 saturated carbocycles. The Balaban J connectivity index is 1.97. The molecule has 1 fully saturated rings. The third-order valence-electron chi connectivity index (χ3n) is 6.23. The summed E-state index contributed by atoms with van der Waals surface area (Å²) in [5.74, 6) is -1.32. The van der Waals surface area contributed by atoms with Gasteiger partial charge in [-0.2, -0.15) is 0 Å². The zero-order valence-corrected chi connectivity index (χ0v) is 17.7. The number of aromatic nitrogens is 1. The standard InChI is InChI=1S/C23H30ClNO3/c1-4-5-8-15-28-23(20(21(26)27)22(23,2)3)19(25-13-6-7-14-25)16-17-9-11-18(24)12-10-17/h6-7,9-14,19-20H,4-5,8,15-16H2,1-3H3,(H,26,27). The van der Waals surface area contributed by atoms with Crippen molar-refractivity contribution < 1.29 is 14.6 Å². The van der Waals surface area contributed by atoms with Crippen molar-refractivity contribution in [1.82, 2.24) is 4.57 Å². The molecule has 1 N–H and O–H groups in total. The number of aliphatic carboxylic acids is 1. The van der Waals surface area contributed by atoms with Gasteiger partial charge in [-0.1, -0.05) is 57.3 Å². The number of benzene rings is 1. The first-order chi connectivity index (χ1) is 13.3. The molecule has 28 heavy (non-hydrogen) atoms. The van der Waals surface area contributed by atoms with Gasteiger partial charge < -0.3 is 14.4 Å². The van der Waals surface area contributed by atoms with Crippen LogP contribution >= 0.6 is 11.6 Å². The second kappa shape index (κ2) is 8.30. The summed E-state index contributed by atoms with van der Waals surface area (Å²) < 4.78 is 8.60. The maximum absolute atomic E-state index is 12.1. The fourth-order valence-corrected chi connectivity index (χ4v) is 4.83. The molecule has 0 saturated heterocycles. The van der Waals surface area contributed by atoms with Crippen LogP contribution in [-0.4, -0.2) is 27.9 Å². The van der Waals surface area contributed by atoms with Crippen molar-refractivity contribution in [2.24, 2.45) is 11.3 Å². The maximum Gasteiger partial charge on any atom is 0.310 e. The molecule has 1 aliphatic rings. The average molecular weight is 404 g/mol. The number of carbonyl (C=O) groups is 1. The normalized spacial score (nSPS) is 24.1. The van der Waals surface area contributed by atoms with Crippen LogP contribution in [0.15, 0.2) is 48.8 Å². The van der Waals surface area contributed by atoms with E-state index in [1.807, 2.05) is 62.6 Å². The summed E-state index contributed by atoms with van der Waals surface area (Å²) in [6, 6.07) is 11.6. The zero-order chi connectivity index (χ0) is 20.4. The van der Waals surface area contributed by atoms with E-state index in [0.29, 0.717) is 18.1 Å². The summed E-state index contributed by atoms with van der Waals surface area (Å²) in [7, 11) is 0. The number of rotatable bonds is 10. The van der Waals surface area contributed by atoms with Crippen molar-refractivity contribution in [3.63, 3.8) is 0 Å². The fraction of sp³-hybridized carbons (Fsp3) is 0.522. The lowest BCUT2D eigenvalue weighted by Gasteiger charge is -2.32. The van der Waals surface area contributed by atoms with Crippen molar-refractivity contribution in [3.8, 4) is 0 Å². The highest BCUT2D eigenvalue weighted by atomic mass is 35.5. The summed E-state index contributed by atoms with van der Waals surface area (Å²) in [6.07, 6.45) is 7.83. The van der Waals surface area contributed by atoms with E-state index in [-0.39, 0.29) is 6.04 Å². The van der Waals surface area contributed by atoms with Crippen LogP contribution in [-0.2, 0) is 16.0 Å². The molecule has 152 valence electrons. The minimum Gasteiger partial charge on any atom is -0.481 e. The van der Waals surface area contributed by atoms with Crippen LogP contribution in [0, 0.1) is 11.3 Å². The molecular formula is C23H30ClNO3. The summed E-state index contributed by atoms with van der Waals surface area (Å²) in [5.41, 5.74) is -0.0797. The SMILES string of the molecule is CCCCCOC1(C(Cc2ccc(Cl)cc2)n2cccc2)C(C(=O)O)C1(C)C. The zero-order valence-electron chi connectivity index (χ0n) is 16.9. The van der Waals surface area contributed by atoms with Crippen LogP contribution in [0.1, 0.15) is 51.6 Å². The summed E-state index contributed by atoms with van der Waals surface area (Å²) >= 11 is 6.05. The van der Waals surface area contributed by atoms with E-state index in [2.05, 4.69) is 11.5 Å². The minimum absolute atomic E-state index is 0.110. The Morgan fingerprint density at radius 2 is 1.86 bits per heavy atom. The lowest BCUT2D eigenvalue weighted by Crippen LogP contribution is -2.36. The van der Waals surface area contributed by atoms with Gasteiger partial charge in [0.05, 0.1) is 12.0 Å². The van der Waals surface area contributed by atoms with Gasteiger partial charge in [0.15, 0.2) is 0 Å². The number of hydrogen-bond donors (Lipinski definition) is 1. The summed E-state index contributed by atoms with van der Waals surface area (Å²) in [6.45, 7) is 6.77. The lowest BCUT2D eigenvalue weighted by molar-refractivity contribution is -0.142. The molecule has 1 aliphatic carbocycles. The Kier molecular flexibility index (Phi) is 6.21. The molecule has 3 atom stereocenters. The van der Waals surface area contributed by atoms with E-state index in [4.69, 9.17) is 16.3 Å². The summed E-state index contributed by atoms with van der Waals surface area (Å²) in [4.78, 5) is 12.1. The van der Waals surface area contributed by atoms with Crippen molar-refractivity contribution >= 4 is 17.6 Å². The second-order valence-corrected chi connectivity index (χ2v) is 8.75. The number of carboxylic acid groups (broad SMARTS) is 1. The number of hydrogen-bond acceptors (Lipinski definition) is 2. The van der Waals surface area contributed by atoms with Crippen LogP contribution in [0.25, 0.3) is 0 Å². The first kappa shape index (κ1) is 20.9. The number of nitrogens with zero attached hydrogens (tertiary/aromatic N) is 1. The highest BCUT2D eigenvalue weighted by Gasteiger charge is 2.79. The van der Waals surface area contributed by atoms with E-state index < -0.39 is 22.9 Å². The average Bonchev–Trinajstić information content (AvgIpc) is 2.98. The molecular weight excluding hydrogens is 374 g/mol. The van der Waals surface area contributed by atoms with E-state index in [9.17, 15) is 9.90 Å². The van der Waals surface area contributed by atoms with E-state index in [1.165, 1.54) is 0 Å². The third-order valence-corrected chi connectivity index (χ3v) is 6.49. The minimum atomic E-state index is -0.784. The molecule has 4 nitrogen and oxygen atoms in total. The summed E-state index contributed by atoms with van der Waals surface area (Å²) in [5, 5.41) is 10.7. The highest BCUT2D eigenvalue weighted by molar-refractivity contribution is 6.30. The van der Waals surface area contributed by atoms with Crippen LogP contribution in [0.3, 0.4) is 0 Å². The first-order valence-electron chi connectivity index (χ1n) is 10.1. The maximum atomic E-state index is 12.1. The Morgan fingerprint density at radius 1 is 1.21 bits per heavy atom. The van der Waals surface area contributed by atoms with E-state index in [0.717, 1.165) is 24.8 Å². The van der Waals surface area contributed by atoms with Crippen LogP contribution in [0.5, 0.6) is 0 Å². The number of unbranched alkanes of at least 4 members (excludes halogenated alkanes) is 2. The van der Waals surface area contributed by atoms with Crippen LogP contribution in [0.4, 0.5) is 0 Å². The van der Waals surface area contributed by atoms with Crippen molar-refractivity contribution in [2.75, 3.05) is 6.61 Å². The molecule has 2 aromatic rings. The monoisotopic (exact) mass is 403 g/mol. The Hall–Kier alpha value is -1.78. The van der Waals surface area contributed by atoms with Crippen LogP contribution in [0.2, 0.25) is 5.02 Å². The predicted molar refractivity (Wildman–Crippen MR) is 112 cm³/mol. The molecule has 0 spiro atoms. The molecule has 3 unspecified atom stereocenters. The lowest BCUT2D eigenvalue weighted by atomic mass is 9.93. The smallest absolute Gasteiger partial charge is 0.310 e. The molecule has 0 amide bonds. The van der Waals surface area contributed by atoms with Gasteiger partial charge >= 0.3 is 5.97 Å². The number of carboxylic acids is 1. The van der Waals surface area contributed by atoms with Gasteiger partial charge in [0.2, 0.25) is 0 Å². The van der Waals surface area contributed by atoms with Crippen molar-refractivity contribution in [2.45, 2.75) is 58.1 Å². The largest absolute Gasteiger partial charge is 0.481 e. The van der Waals surface area contributed by atoms with Gasteiger partial charge in [0.25, 0.3) is 0 Å². The highest BCUT2D eigenvalue weighted by Crippen LogP contribution is 2.69. The van der Waals surface area contributed by atoms with Gasteiger partial charge in [-0.25, -0.2) is 0 Å². The molecule has 0 radical (unpaired) electrons. The number of halogens is 1. The molecule has 0 bridgehead atoms. The number of ether oxygens (including phenoxy) is 1. The van der Waals surface area contributed by atoms with Gasteiger partial charge in [-0.3, -0.25) is 4.79 Å². The van der Waals surface area contributed by atoms with E-state index >= 15 is 0 Å². The first-order valence-corrected chi connectivity index (χ1v) is 10.5.